The molecule has 0 fully saturated rings. The van der Waals surface area contributed by atoms with E-state index in [2.05, 4.69) is 16.2 Å². The Labute approximate surface area is 149 Å². The smallest absolute Gasteiger partial charge is 0.303 e. The number of nitrogens with zero attached hydrogens (tertiary/aromatic N) is 4. The van der Waals surface area contributed by atoms with E-state index in [1.807, 2.05) is 26.2 Å². The number of thiazole rings is 1. The molecule has 0 atom stereocenters. The summed E-state index contributed by atoms with van der Waals surface area (Å²) in [5.74, 6) is -0.0323. The van der Waals surface area contributed by atoms with Crippen molar-refractivity contribution in [3.63, 3.8) is 0 Å². The van der Waals surface area contributed by atoms with E-state index in [9.17, 15) is 4.79 Å². The average molecular weight is 352 g/mol. The van der Waals surface area contributed by atoms with Gasteiger partial charge in [0.1, 0.15) is 0 Å². The molecule has 126 valence electrons. The van der Waals surface area contributed by atoms with Gasteiger partial charge in [-0.15, -0.1) is 11.3 Å². The van der Waals surface area contributed by atoms with E-state index < -0.39 is 0 Å². The van der Waals surface area contributed by atoms with Crippen LogP contribution in [0.3, 0.4) is 0 Å². The highest BCUT2D eigenvalue weighted by atomic mass is 32.1. The van der Waals surface area contributed by atoms with Gasteiger partial charge in [0.15, 0.2) is 5.13 Å². The fourth-order valence-electron chi connectivity index (χ4n) is 2.22. The molecule has 0 N–H and O–H groups in total. The lowest BCUT2D eigenvalue weighted by Gasteiger charge is -2.18. The van der Waals surface area contributed by atoms with Crippen LogP contribution in [0, 0.1) is 18.3 Å². The quantitative estimate of drug-likeness (QED) is 0.694. The van der Waals surface area contributed by atoms with Crippen LogP contribution in [0.2, 0.25) is 0 Å². The van der Waals surface area contributed by atoms with Gasteiger partial charge in [-0.1, -0.05) is 19.0 Å². The molecule has 0 radical (unpaired) electrons. The van der Waals surface area contributed by atoms with Gasteiger partial charge in [-0.2, -0.15) is 5.26 Å². The van der Waals surface area contributed by atoms with Crippen molar-refractivity contribution >= 4 is 28.1 Å². The zero-order valence-electron chi connectivity index (χ0n) is 14.1. The molecule has 25 heavy (non-hydrogen) atoms. The third-order valence-electron chi connectivity index (χ3n) is 3.59. The molecule has 3 aromatic rings. The van der Waals surface area contributed by atoms with Crippen molar-refractivity contribution in [3.05, 3.63) is 58.4 Å². The molecular weight excluding hydrogens is 336 g/mol. The third kappa shape index (κ3) is 3.44. The van der Waals surface area contributed by atoms with Gasteiger partial charge in [0.05, 0.1) is 28.7 Å². The molecule has 1 aromatic carbocycles. The first-order chi connectivity index (χ1) is 12.0. The fourth-order valence-corrected chi connectivity index (χ4v) is 3.03. The molecule has 0 spiro atoms. The number of anilines is 2. The zero-order chi connectivity index (χ0) is 18.0. The Morgan fingerprint density at radius 3 is 2.56 bits per heavy atom. The third-order valence-corrected chi connectivity index (χ3v) is 4.53. The summed E-state index contributed by atoms with van der Waals surface area (Å²) in [4.78, 5) is 18.9. The molecule has 3 rings (SSSR count). The molecule has 0 unspecified atom stereocenters. The zero-order valence-corrected chi connectivity index (χ0v) is 14.9. The summed E-state index contributed by atoms with van der Waals surface area (Å²) in [6.45, 7) is 5.83. The minimum Gasteiger partial charge on any atom is -0.351 e. The van der Waals surface area contributed by atoms with Crippen molar-refractivity contribution in [1.29, 1.82) is 5.26 Å². The maximum atomic E-state index is 13.0. The summed E-state index contributed by atoms with van der Waals surface area (Å²) in [7, 11) is 0. The minimum absolute atomic E-state index is 0.154. The molecule has 0 aliphatic carbocycles. The summed E-state index contributed by atoms with van der Waals surface area (Å²) >= 11 is 1.37. The second-order valence-corrected chi connectivity index (χ2v) is 6.68. The summed E-state index contributed by atoms with van der Waals surface area (Å²) in [5, 5.41) is 15.3. The van der Waals surface area contributed by atoms with E-state index in [4.69, 9.17) is 9.78 Å². The van der Waals surface area contributed by atoms with Crippen LogP contribution in [0.15, 0.2) is 40.2 Å². The van der Waals surface area contributed by atoms with Crippen molar-refractivity contribution in [2.24, 2.45) is 0 Å². The number of hydrogen-bond acceptors (Lipinski definition) is 6. The molecule has 7 heteroatoms. The molecule has 0 aliphatic heterocycles. The standard InChI is InChI=1S/C18H16N4O2S/c1-11(2)15-8-16(24-21-15)17(23)22(18-20-12(3)10-25-18)14-6-4-13(9-19)5-7-14/h4-8,10-11H,1-3H3. The molecule has 2 heterocycles. The Balaban J connectivity index is 2.03. The lowest BCUT2D eigenvalue weighted by molar-refractivity contribution is 0.0964. The van der Waals surface area contributed by atoms with Crippen molar-refractivity contribution in [2.75, 3.05) is 4.90 Å². The first kappa shape index (κ1) is 16.9. The van der Waals surface area contributed by atoms with E-state index in [0.717, 1.165) is 11.4 Å². The van der Waals surface area contributed by atoms with Crippen molar-refractivity contribution in [2.45, 2.75) is 26.7 Å². The number of benzene rings is 1. The minimum atomic E-state index is -0.349. The van der Waals surface area contributed by atoms with Gasteiger partial charge in [0.2, 0.25) is 5.76 Å². The molecule has 0 saturated heterocycles. The van der Waals surface area contributed by atoms with E-state index in [1.165, 1.54) is 16.2 Å². The van der Waals surface area contributed by atoms with Crippen LogP contribution >= 0.6 is 11.3 Å². The number of amides is 1. The van der Waals surface area contributed by atoms with Crippen molar-refractivity contribution < 1.29 is 9.32 Å². The lowest BCUT2D eigenvalue weighted by atomic mass is 10.1. The number of carbonyl (C=O) groups excluding carboxylic acids is 1. The number of aromatic nitrogens is 2. The van der Waals surface area contributed by atoms with Gasteiger partial charge in [0.25, 0.3) is 0 Å². The summed E-state index contributed by atoms with van der Waals surface area (Å²) in [6, 6.07) is 10.5. The maximum absolute atomic E-state index is 13.0. The van der Waals surface area contributed by atoms with Crippen molar-refractivity contribution in [1.82, 2.24) is 10.1 Å². The van der Waals surface area contributed by atoms with Gasteiger partial charge < -0.3 is 4.52 Å². The summed E-state index contributed by atoms with van der Waals surface area (Å²) in [5.41, 5.74) is 2.68. The van der Waals surface area contributed by atoms with Crippen molar-refractivity contribution in [3.8, 4) is 6.07 Å². The number of carbonyl (C=O) groups is 1. The molecule has 1 amide bonds. The van der Waals surface area contributed by atoms with Crippen LogP contribution in [-0.4, -0.2) is 16.0 Å². The van der Waals surface area contributed by atoms with Crippen LogP contribution in [0.4, 0.5) is 10.8 Å². The Morgan fingerprint density at radius 2 is 2.04 bits per heavy atom. The molecule has 2 aromatic heterocycles. The SMILES string of the molecule is Cc1csc(N(C(=O)c2cc(C(C)C)no2)c2ccc(C#N)cc2)n1. The Morgan fingerprint density at radius 1 is 1.32 bits per heavy atom. The van der Waals surface area contributed by atoms with Crippen LogP contribution in [0.1, 0.15) is 47.3 Å². The second kappa shape index (κ2) is 6.87. The van der Waals surface area contributed by atoms with Gasteiger partial charge >= 0.3 is 5.91 Å². The molecule has 0 aliphatic rings. The van der Waals surface area contributed by atoms with Gasteiger partial charge in [-0.3, -0.25) is 4.79 Å². The highest BCUT2D eigenvalue weighted by molar-refractivity contribution is 7.14. The highest BCUT2D eigenvalue weighted by Gasteiger charge is 2.26. The Hall–Kier alpha value is -2.98. The van der Waals surface area contributed by atoms with Crippen LogP contribution < -0.4 is 4.90 Å². The predicted octanol–water partition coefficient (Wildman–Crippen LogP) is 4.41. The van der Waals surface area contributed by atoms with E-state index in [-0.39, 0.29) is 17.6 Å². The largest absolute Gasteiger partial charge is 0.351 e. The van der Waals surface area contributed by atoms with E-state index in [1.54, 1.807) is 30.3 Å². The molecule has 0 saturated carbocycles. The van der Waals surface area contributed by atoms with E-state index >= 15 is 0 Å². The predicted molar refractivity (Wildman–Crippen MR) is 95.1 cm³/mol. The normalized spacial score (nSPS) is 10.7. The van der Waals surface area contributed by atoms with E-state index in [0.29, 0.717) is 16.4 Å². The Kier molecular flexibility index (Phi) is 4.63. The number of hydrogen-bond donors (Lipinski definition) is 0. The monoisotopic (exact) mass is 352 g/mol. The van der Waals surface area contributed by atoms with Gasteiger partial charge in [-0.25, -0.2) is 9.88 Å². The number of rotatable bonds is 4. The number of nitriles is 1. The topological polar surface area (TPSA) is 83.0 Å². The summed E-state index contributed by atoms with van der Waals surface area (Å²) < 4.78 is 5.25. The summed E-state index contributed by atoms with van der Waals surface area (Å²) in [6.07, 6.45) is 0. The van der Waals surface area contributed by atoms with Crippen LogP contribution in [-0.2, 0) is 0 Å². The fraction of sp³-hybridized carbons (Fsp3) is 0.222. The highest BCUT2D eigenvalue weighted by Crippen LogP contribution is 2.31. The average Bonchev–Trinajstić information content (AvgIpc) is 3.25. The first-order valence-corrected chi connectivity index (χ1v) is 8.61. The molecular formula is C18H16N4O2S. The molecule has 6 nitrogen and oxygen atoms in total. The van der Waals surface area contributed by atoms with Crippen LogP contribution in [0.5, 0.6) is 0 Å². The van der Waals surface area contributed by atoms with Gasteiger partial charge in [0, 0.05) is 11.4 Å². The lowest BCUT2D eigenvalue weighted by Crippen LogP contribution is -2.25. The maximum Gasteiger partial charge on any atom is 0.303 e. The molecule has 0 bridgehead atoms. The van der Waals surface area contributed by atoms with Crippen LogP contribution in [0.25, 0.3) is 0 Å². The second-order valence-electron chi connectivity index (χ2n) is 5.84. The first-order valence-electron chi connectivity index (χ1n) is 7.73. The Bertz CT molecular complexity index is 935. The number of aryl methyl sites for hydroxylation is 1. The van der Waals surface area contributed by atoms with Gasteiger partial charge in [-0.05, 0) is 37.1 Å².